The minimum Gasteiger partial charge on any atom is -0.490 e. The van der Waals surface area contributed by atoms with E-state index in [1.54, 1.807) is 24.3 Å². The normalized spacial score (nSPS) is 11.5. The average molecular weight is 749 g/mol. The molecule has 296 valence electrons. The van der Waals surface area contributed by atoms with Crippen LogP contribution in [0, 0.1) is 29.3 Å². The summed E-state index contributed by atoms with van der Waals surface area (Å²) in [6, 6.07) is 13.3. The lowest BCUT2D eigenvalue weighted by Crippen LogP contribution is -2.12. The molecule has 0 N–H and O–H groups in total. The Kier molecular flexibility index (Phi) is 22.1. The Labute approximate surface area is 323 Å². The van der Waals surface area contributed by atoms with E-state index in [0.717, 1.165) is 38.5 Å². The van der Waals surface area contributed by atoms with E-state index in [1.165, 1.54) is 127 Å². The van der Waals surface area contributed by atoms with Gasteiger partial charge in [0.2, 0.25) is 5.82 Å². The molecule has 0 saturated heterocycles. The van der Waals surface area contributed by atoms with Gasteiger partial charge in [-0.3, -0.25) is 0 Å². The number of esters is 1. The number of ether oxygens (including phenoxy) is 3. The number of unbranched alkanes of at least 4 members (excludes halogenated alkanes) is 18. The van der Waals surface area contributed by atoms with E-state index in [0.29, 0.717) is 11.1 Å². The van der Waals surface area contributed by atoms with Crippen LogP contribution in [0.25, 0.3) is 0 Å². The molecule has 3 rings (SSSR count). The fourth-order valence-corrected chi connectivity index (χ4v) is 6.35. The van der Waals surface area contributed by atoms with E-state index >= 15 is 0 Å². The van der Waals surface area contributed by atoms with Crippen LogP contribution >= 0.6 is 0 Å². The first-order valence-electron chi connectivity index (χ1n) is 20.7. The first-order chi connectivity index (χ1) is 26.3. The zero-order valence-corrected chi connectivity index (χ0v) is 33.1. The highest BCUT2D eigenvalue weighted by atomic mass is 19.2. The molecule has 54 heavy (non-hydrogen) atoms. The molecule has 0 aromatic heterocycles. The molecule has 1 unspecified atom stereocenters. The highest BCUT2D eigenvalue weighted by Gasteiger charge is 2.21. The van der Waals surface area contributed by atoms with Crippen LogP contribution in [0.3, 0.4) is 0 Å². The topological polar surface area (TPSA) is 44.8 Å². The van der Waals surface area contributed by atoms with E-state index in [4.69, 9.17) is 14.2 Å². The van der Waals surface area contributed by atoms with Gasteiger partial charge in [-0.2, -0.15) is 4.39 Å². The molecule has 0 radical (unpaired) electrons. The molecule has 3 aromatic rings. The number of carbonyl (C=O) groups is 1. The minimum absolute atomic E-state index is 0.0758. The third-order valence-corrected chi connectivity index (χ3v) is 9.66. The summed E-state index contributed by atoms with van der Waals surface area (Å²) in [5.74, 6) is 2.00. The Morgan fingerprint density at radius 2 is 1.09 bits per heavy atom. The molecule has 0 amide bonds. The fraction of sp³-hybridized carbons (Fsp3) is 0.553. The molecular formula is C47H63F3O4. The summed E-state index contributed by atoms with van der Waals surface area (Å²) in [5, 5.41) is 0. The summed E-state index contributed by atoms with van der Waals surface area (Å²) in [6.07, 6.45) is 25.5. The van der Waals surface area contributed by atoms with Gasteiger partial charge in [0.1, 0.15) is 5.75 Å². The average Bonchev–Trinajstić information content (AvgIpc) is 3.17. The maximum absolute atomic E-state index is 14.8. The molecule has 0 saturated carbocycles. The minimum atomic E-state index is -1.31. The van der Waals surface area contributed by atoms with Crippen LogP contribution in [-0.2, 0) is 0 Å². The van der Waals surface area contributed by atoms with Crippen molar-refractivity contribution in [3.05, 3.63) is 88.7 Å². The molecule has 4 nitrogen and oxygen atoms in total. The van der Waals surface area contributed by atoms with Gasteiger partial charge >= 0.3 is 5.97 Å². The van der Waals surface area contributed by atoms with Gasteiger partial charge in [0, 0.05) is 11.1 Å². The molecule has 0 aliphatic rings. The van der Waals surface area contributed by atoms with Crippen molar-refractivity contribution < 1.29 is 32.2 Å². The van der Waals surface area contributed by atoms with Crippen molar-refractivity contribution in [2.75, 3.05) is 6.61 Å². The number of hydrogen-bond donors (Lipinski definition) is 0. The summed E-state index contributed by atoms with van der Waals surface area (Å²) in [6.45, 7) is 6.65. The molecule has 0 heterocycles. The van der Waals surface area contributed by atoms with Crippen LogP contribution in [0.4, 0.5) is 13.2 Å². The first kappa shape index (κ1) is 44.5. The fourth-order valence-electron chi connectivity index (χ4n) is 6.35. The summed E-state index contributed by atoms with van der Waals surface area (Å²) in [5.41, 5.74) is 0.562. The summed E-state index contributed by atoms with van der Waals surface area (Å²) in [4.78, 5) is 12.7. The Hall–Kier alpha value is -3.92. The standard InChI is InChI=1S/C47H63F3O4/c1-4-6-8-10-11-12-13-14-15-16-17-18-19-20-21-23-35-52-44-34-32-41(45(49)46(44)50)47(51)54-40-30-27-38(28-31-40)25-26-39-29-33-43(42(48)36-39)53-37(3)24-22-9-7-5-2/h27-34,36-37H,4-24,35H2,1-3H3. The van der Waals surface area contributed by atoms with E-state index in [-0.39, 0.29) is 30.0 Å². The maximum atomic E-state index is 14.8. The van der Waals surface area contributed by atoms with E-state index < -0.39 is 29.0 Å². The molecule has 0 bridgehead atoms. The van der Waals surface area contributed by atoms with Crippen LogP contribution in [0.15, 0.2) is 54.6 Å². The first-order valence-corrected chi connectivity index (χ1v) is 20.7. The predicted molar refractivity (Wildman–Crippen MR) is 214 cm³/mol. The van der Waals surface area contributed by atoms with Gasteiger partial charge in [0.05, 0.1) is 18.3 Å². The SMILES string of the molecule is CCCCCCCCCCCCCCCCCCOc1ccc(C(=O)Oc2ccc(C#Cc3ccc(OC(C)CCCCCC)c(F)c3)cc2)c(F)c1F. The van der Waals surface area contributed by atoms with E-state index in [9.17, 15) is 18.0 Å². The Bertz CT molecular complexity index is 1560. The molecule has 0 fully saturated rings. The number of halogens is 3. The van der Waals surface area contributed by atoms with Gasteiger partial charge in [0.15, 0.2) is 23.1 Å². The number of rotatable bonds is 27. The Morgan fingerprint density at radius 3 is 1.67 bits per heavy atom. The highest BCUT2D eigenvalue weighted by molar-refractivity contribution is 5.91. The summed E-state index contributed by atoms with van der Waals surface area (Å²) < 4.78 is 60.8. The maximum Gasteiger partial charge on any atom is 0.346 e. The molecule has 0 aliphatic heterocycles. The zero-order valence-electron chi connectivity index (χ0n) is 33.1. The van der Waals surface area contributed by atoms with Crippen molar-refractivity contribution in [1.29, 1.82) is 0 Å². The van der Waals surface area contributed by atoms with Crippen molar-refractivity contribution in [3.63, 3.8) is 0 Å². The predicted octanol–water partition coefficient (Wildman–Crippen LogP) is 14.1. The Balaban J connectivity index is 1.33. The molecule has 3 aromatic carbocycles. The third-order valence-electron chi connectivity index (χ3n) is 9.66. The van der Waals surface area contributed by atoms with Crippen LogP contribution in [-0.4, -0.2) is 18.7 Å². The van der Waals surface area contributed by atoms with Crippen molar-refractivity contribution in [1.82, 2.24) is 0 Å². The monoisotopic (exact) mass is 748 g/mol. The van der Waals surface area contributed by atoms with Crippen molar-refractivity contribution in [2.24, 2.45) is 0 Å². The van der Waals surface area contributed by atoms with Crippen LogP contribution < -0.4 is 14.2 Å². The third kappa shape index (κ3) is 17.5. The van der Waals surface area contributed by atoms with Crippen molar-refractivity contribution >= 4 is 5.97 Å². The van der Waals surface area contributed by atoms with Crippen molar-refractivity contribution in [2.45, 2.75) is 162 Å². The van der Waals surface area contributed by atoms with Crippen LogP contribution in [0.5, 0.6) is 17.2 Å². The Morgan fingerprint density at radius 1 is 0.593 bits per heavy atom. The highest BCUT2D eigenvalue weighted by Crippen LogP contribution is 2.25. The second-order valence-electron chi connectivity index (χ2n) is 14.5. The second kappa shape index (κ2) is 26.8. The van der Waals surface area contributed by atoms with E-state index in [2.05, 4.69) is 25.7 Å². The quantitative estimate of drug-likeness (QED) is 0.0337. The molecule has 0 spiro atoms. The molecular weight excluding hydrogens is 686 g/mol. The smallest absolute Gasteiger partial charge is 0.346 e. The molecule has 7 heteroatoms. The van der Waals surface area contributed by atoms with Gasteiger partial charge < -0.3 is 14.2 Å². The van der Waals surface area contributed by atoms with Crippen molar-refractivity contribution in [3.8, 4) is 29.1 Å². The van der Waals surface area contributed by atoms with Gasteiger partial charge in [0.25, 0.3) is 0 Å². The number of hydrogen-bond acceptors (Lipinski definition) is 4. The number of benzene rings is 3. The zero-order chi connectivity index (χ0) is 38.8. The lowest BCUT2D eigenvalue weighted by Gasteiger charge is -2.15. The largest absolute Gasteiger partial charge is 0.490 e. The summed E-state index contributed by atoms with van der Waals surface area (Å²) >= 11 is 0. The van der Waals surface area contributed by atoms with Gasteiger partial charge in [-0.25, -0.2) is 13.6 Å². The second-order valence-corrected chi connectivity index (χ2v) is 14.5. The van der Waals surface area contributed by atoms with Gasteiger partial charge in [-0.1, -0.05) is 141 Å². The number of carbonyl (C=O) groups excluding carboxylic acids is 1. The van der Waals surface area contributed by atoms with Gasteiger partial charge in [-0.15, -0.1) is 0 Å². The van der Waals surface area contributed by atoms with Gasteiger partial charge in [-0.05, 0) is 80.8 Å². The molecule has 0 aliphatic carbocycles. The lowest BCUT2D eigenvalue weighted by molar-refractivity contribution is 0.0728. The van der Waals surface area contributed by atoms with Crippen LogP contribution in [0.2, 0.25) is 0 Å². The summed E-state index contributed by atoms with van der Waals surface area (Å²) in [7, 11) is 0. The molecule has 1 atom stereocenters. The lowest BCUT2D eigenvalue weighted by atomic mass is 10.0. The van der Waals surface area contributed by atoms with Crippen LogP contribution in [0.1, 0.15) is 177 Å². The van der Waals surface area contributed by atoms with E-state index in [1.807, 2.05) is 6.92 Å².